The average Bonchev–Trinajstić information content (AvgIpc) is 3.16. The molecular formula is C44H29F3O8. The van der Waals surface area contributed by atoms with Crippen molar-refractivity contribution < 1.29 is 51.3 Å². The van der Waals surface area contributed by atoms with E-state index in [0.29, 0.717) is 16.9 Å². The van der Waals surface area contributed by atoms with E-state index in [1.54, 1.807) is 48.5 Å². The summed E-state index contributed by atoms with van der Waals surface area (Å²) in [5.74, 6) is 7.40. The Morgan fingerprint density at radius 1 is 0.582 bits per heavy atom. The minimum atomic E-state index is -5.07. The highest BCUT2D eigenvalue weighted by Crippen LogP contribution is 2.32. The van der Waals surface area contributed by atoms with Gasteiger partial charge in [-0.3, -0.25) is 0 Å². The van der Waals surface area contributed by atoms with Crippen molar-refractivity contribution >= 4 is 36.0 Å². The van der Waals surface area contributed by atoms with Crippen molar-refractivity contribution in [2.75, 3.05) is 0 Å². The molecular weight excluding hydrogens is 713 g/mol. The number of rotatable bonds is 10. The third kappa shape index (κ3) is 12.0. The number of carbonyl (C=O) groups excluding carboxylic acids is 4. The van der Waals surface area contributed by atoms with Gasteiger partial charge in [0.1, 0.15) is 28.6 Å². The number of esters is 4. The minimum Gasteiger partial charge on any atom is -0.423 e. The van der Waals surface area contributed by atoms with Crippen LogP contribution in [0, 0.1) is 23.7 Å². The zero-order valence-corrected chi connectivity index (χ0v) is 29.1. The molecule has 4 aromatic carbocycles. The zero-order chi connectivity index (χ0) is 40.1. The van der Waals surface area contributed by atoms with Gasteiger partial charge in [-0.05, 0) is 66.6 Å². The Balaban J connectivity index is 1.69. The number of benzene rings is 4. The molecule has 0 heterocycles. The molecule has 0 radical (unpaired) electrons. The normalized spacial score (nSPS) is 10.4. The minimum absolute atomic E-state index is 0.0355. The van der Waals surface area contributed by atoms with Crippen LogP contribution in [0.2, 0.25) is 0 Å². The van der Waals surface area contributed by atoms with E-state index in [-0.39, 0.29) is 28.2 Å². The highest BCUT2D eigenvalue weighted by molar-refractivity contribution is 5.92. The molecule has 0 unspecified atom stereocenters. The van der Waals surface area contributed by atoms with E-state index in [1.807, 2.05) is 12.2 Å². The molecule has 0 saturated carbocycles. The maximum Gasteiger partial charge on any atom is 0.422 e. The fraction of sp³-hybridized carbons (Fsp3) is 0.0455. The van der Waals surface area contributed by atoms with Crippen LogP contribution in [0.15, 0.2) is 135 Å². The molecule has 0 aromatic heterocycles. The van der Waals surface area contributed by atoms with E-state index in [0.717, 1.165) is 29.3 Å². The molecule has 11 heteroatoms. The standard InChI is InChI=1S/C44H29F3O8/c1-6-40(48)52-36-22-16-32(17-23-36)13-10-30-8-11-31(12-9-30)14-20-35-26-38(54-42(50)28(3)4)34(27-39(35)55-43(51)29(5)44(45,46)47)21-15-33-18-24-37(25-19-33)53-41(49)7-2/h6-13,16-19,22-27H,1-3,5H2,4H3/b13-10+. The first kappa shape index (κ1) is 40.1. The van der Waals surface area contributed by atoms with Crippen LogP contribution in [0.5, 0.6) is 23.0 Å². The Morgan fingerprint density at radius 3 is 1.36 bits per heavy atom. The van der Waals surface area contributed by atoms with Crippen LogP contribution in [-0.4, -0.2) is 30.1 Å². The first-order valence-electron chi connectivity index (χ1n) is 15.9. The second-order valence-electron chi connectivity index (χ2n) is 11.2. The SMILES string of the molecule is C=CC(=O)Oc1ccc(C#Cc2cc(OC(=O)C(=C)C(F)(F)F)c(C#Cc3ccc(/C=C/c4ccc(OC(=O)C=C)cc4)cc3)cc2OC(=O)C(=C)C)cc1. The van der Waals surface area contributed by atoms with Gasteiger partial charge in [-0.2, -0.15) is 13.2 Å². The molecule has 0 amide bonds. The van der Waals surface area contributed by atoms with E-state index < -0.39 is 41.4 Å². The van der Waals surface area contributed by atoms with Crippen molar-refractivity contribution in [1.82, 2.24) is 0 Å². The molecule has 0 atom stereocenters. The number of carbonyl (C=O) groups is 4. The predicted molar refractivity (Wildman–Crippen MR) is 200 cm³/mol. The Labute approximate surface area is 314 Å². The number of hydrogen-bond donors (Lipinski definition) is 0. The van der Waals surface area contributed by atoms with Crippen LogP contribution in [0.4, 0.5) is 13.2 Å². The van der Waals surface area contributed by atoms with Gasteiger partial charge in [-0.15, -0.1) is 0 Å². The summed E-state index contributed by atoms with van der Waals surface area (Å²) >= 11 is 0. The largest absolute Gasteiger partial charge is 0.423 e. The van der Waals surface area contributed by atoms with Crippen molar-refractivity contribution in [1.29, 1.82) is 0 Å². The fourth-order valence-corrected chi connectivity index (χ4v) is 4.11. The van der Waals surface area contributed by atoms with Gasteiger partial charge in [0.15, 0.2) is 0 Å². The maximum absolute atomic E-state index is 13.3. The van der Waals surface area contributed by atoms with Crippen LogP contribution in [0.1, 0.15) is 40.3 Å². The summed E-state index contributed by atoms with van der Waals surface area (Å²) in [4.78, 5) is 48.0. The summed E-state index contributed by atoms with van der Waals surface area (Å²) in [5.41, 5.74) is 0.637. The highest BCUT2D eigenvalue weighted by atomic mass is 19.4. The molecule has 0 saturated heterocycles. The van der Waals surface area contributed by atoms with Crippen molar-refractivity contribution in [3.05, 3.63) is 168 Å². The van der Waals surface area contributed by atoms with Crippen LogP contribution in [-0.2, 0) is 19.2 Å². The van der Waals surface area contributed by atoms with Crippen LogP contribution in [0.25, 0.3) is 12.2 Å². The monoisotopic (exact) mass is 742 g/mol. The lowest BCUT2D eigenvalue weighted by Gasteiger charge is -2.13. The molecule has 0 spiro atoms. The molecule has 55 heavy (non-hydrogen) atoms. The number of ether oxygens (including phenoxy) is 4. The second-order valence-corrected chi connectivity index (χ2v) is 11.2. The Bertz CT molecular complexity index is 2340. The number of hydrogen-bond acceptors (Lipinski definition) is 8. The molecule has 0 bridgehead atoms. The Hall–Kier alpha value is -7.63. The van der Waals surface area contributed by atoms with Crippen LogP contribution in [0.3, 0.4) is 0 Å². The molecule has 0 aliphatic rings. The lowest BCUT2D eigenvalue weighted by atomic mass is 10.1. The van der Waals surface area contributed by atoms with Crippen LogP contribution >= 0.6 is 0 Å². The molecule has 4 aromatic rings. The third-order valence-corrected chi connectivity index (χ3v) is 6.99. The molecule has 0 aliphatic carbocycles. The average molecular weight is 743 g/mol. The zero-order valence-electron chi connectivity index (χ0n) is 29.1. The van der Waals surface area contributed by atoms with Crippen molar-refractivity contribution in [2.24, 2.45) is 0 Å². The van der Waals surface area contributed by atoms with Gasteiger partial charge < -0.3 is 18.9 Å². The predicted octanol–water partition coefficient (Wildman–Crippen LogP) is 8.34. The lowest BCUT2D eigenvalue weighted by molar-refractivity contribution is -0.142. The number of halogens is 3. The number of alkyl halides is 3. The van der Waals surface area contributed by atoms with E-state index in [9.17, 15) is 32.3 Å². The first-order chi connectivity index (χ1) is 26.1. The lowest BCUT2D eigenvalue weighted by Crippen LogP contribution is -2.23. The van der Waals surface area contributed by atoms with Crippen molar-refractivity contribution in [3.8, 4) is 46.7 Å². The van der Waals surface area contributed by atoms with Gasteiger partial charge in [0.2, 0.25) is 0 Å². The molecule has 274 valence electrons. The first-order valence-corrected chi connectivity index (χ1v) is 15.9. The summed E-state index contributed by atoms with van der Waals surface area (Å²) in [5, 5.41) is 0. The summed E-state index contributed by atoms with van der Waals surface area (Å²) in [7, 11) is 0. The van der Waals surface area contributed by atoms with Crippen LogP contribution < -0.4 is 18.9 Å². The molecule has 4 rings (SSSR count). The molecule has 0 aliphatic heterocycles. The fourth-order valence-electron chi connectivity index (χ4n) is 4.11. The highest BCUT2D eigenvalue weighted by Gasteiger charge is 2.38. The van der Waals surface area contributed by atoms with E-state index in [2.05, 4.69) is 50.0 Å². The van der Waals surface area contributed by atoms with E-state index in [4.69, 9.17) is 18.9 Å². The van der Waals surface area contributed by atoms with Gasteiger partial charge in [-0.1, -0.05) is 86.4 Å². The van der Waals surface area contributed by atoms with Crippen molar-refractivity contribution in [2.45, 2.75) is 13.1 Å². The summed E-state index contributed by atoms with van der Waals surface area (Å²) < 4.78 is 60.8. The van der Waals surface area contributed by atoms with E-state index in [1.165, 1.54) is 37.3 Å². The quantitative estimate of drug-likeness (QED) is 0.0525. The summed E-state index contributed by atoms with van der Waals surface area (Å²) in [6, 6.07) is 22.0. The summed E-state index contributed by atoms with van der Waals surface area (Å²) in [6.07, 6.45) is 0.657. The smallest absolute Gasteiger partial charge is 0.422 e. The van der Waals surface area contributed by atoms with Gasteiger partial charge in [-0.25, -0.2) is 19.2 Å². The van der Waals surface area contributed by atoms with Gasteiger partial charge in [0.25, 0.3) is 0 Å². The summed E-state index contributed by atoms with van der Waals surface area (Å²) in [6.45, 7) is 14.5. The third-order valence-electron chi connectivity index (χ3n) is 6.99. The maximum atomic E-state index is 13.3. The topological polar surface area (TPSA) is 105 Å². The van der Waals surface area contributed by atoms with Crippen molar-refractivity contribution in [3.63, 3.8) is 0 Å². The Morgan fingerprint density at radius 2 is 0.964 bits per heavy atom. The van der Waals surface area contributed by atoms with Gasteiger partial charge in [0.05, 0.1) is 11.1 Å². The van der Waals surface area contributed by atoms with Gasteiger partial charge in [0, 0.05) is 41.0 Å². The molecule has 0 N–H and O–H groups in total. The molecule has 0 fully saturated rings. The second kappa shape index (κ2) is 18.2. The molecule has 8 nitrogen and oxygen atoms in total. The Kier molecular flexibility index (Phi) is 13.3. The van der Waals surface area contributed by atoms with Gasteiger partial charge >= 0.3 is 30.1 Å². The van der Waals surface area contributed by atoms with E-state index >= 15 is 0 Å².